The summed E-state index contributed by atoms with van der Waals surface area (Å²) in [5, 5.41) is -0.0169. The fourth-order valence-electron chi connectivity index (χ4n) is 3.85. The van der Waals surface area contributed by atoms with Gasteiger partial charge in [0.1, 0.15) is 11.7 Å². The quantitative estimate of drug-likeness (QED) is 0.305. The Morgan fingerprint density at radius 1 is 0.750 bits per heavy atom. The zero-order valence-electron chi connectivity index (χ0n) is 18.4. The van der Waals surface area contributed by atoms with E-state index in [1.807, 2.05) is 0 Å². The second-order valence-corrected chi connectivity index (χ2v) is 8.83. The maximum atomic E-state index is 14.3. The van der Waals surface area contributed by atoms with Gasteiger partial charge in [0.15, 0.2) is 0 Å². The fraction of sp³-hybridized carbons (Fsp3) is 0.200. The molecular formula is C25H17Cl2F6N3. The fourth-order valence-corrected chi connectivity index (χ4v) is 4.35. The van der Waals surface area contributed by atoms with Crippen LogP contribution >= 0.6 is 23.2 Å². The van der Waals surface area contributed by atoms with Gasteiger partial charge in [0.2, 0.25) is 0 Å². The molecule has 1 aliphatic heterocycles. The van der Waals surface area contributed by atoms with Crippen LogP contribution in [0, 0.1) is 0 Å². The zero-order valence-corrected chi connectivity index (χ0v) is 20.0. The molecule has 4 rings (SSSR count). The number of halogens is 8. The molecule has 1 unspecified atom stereocenters. The van der Waals surface area contributed by atoms with E-state index < -0.39 is 35.7 Å². The van der Waals surface area contributed by atoms with Gasteiger partial charge in [-0.05, 0) is 30.7 Å². The molecule has 11 heteroatoms. The van der Waals surface area contributed by atoms with E-state index in [2.05, 4.69) is 9.98 Å². The van der Waals surface area contributed by atoms with E-state index >= 15 is 0 Å². The maximum Gasteiger partial charge on any atom is 0.443 e. The second-order valence-electron chi connectivity index (χ2n) is 7.99. The largest absolute Gasteiger partial charge is 0.443 e. The number of amidine groups is 2. The van der Waals surface area contributed by atoms with Gasteiger partial charge >= 0.3 is 18.0 Å². The van der Waals surface area contributed by atoms with Gasteiger partial charge in [-0.2, -0.15) is 26.3 Å². The van der Waals surface area contributed by atoms with Crippen LogP contribution < -0.4 is 0 Å². The summed E-state index contributed by atoms with van der Waals surface area (Å²) >= 11 is 12.3. The van der Waals surface area contributed by atoms with Crippen molar-refractivity contribution >= 4 is 34.9 Å². The van der Waals surface area contributed by atoms with E-state index in [1.165, 1.54) is 47.4 Å². The van der Waals surface area contributed by atoms with E-state index in [1.54, 1.807) is 43.3 Å². The van der Waals surface area contributed by atoms with Crippen LogP contribution in [0.1, 0.15) is 29.7 Å². The lowest BCUT2D eigenvalue weighted by atomic mass is 10.00. The van der Waals surface area contributed by atoms with E-state index in [-0.39, 0.29) is 21.2 Å². The van der Waals surface area contributed by atoms with Crippen molar-refractivity contribution in [3.63, 3.8) is 0 Å². The average molecular weight is 544 g/mol. The lowest BCUT2D eigenvalue weighted by Gasteiger charge is -2.42. The molecule has 188 valence electrons. The van der Waals surface area contributed by atoms with Crippen LogP contribution in [0.5, 0.6) is 0 Å². The smallest absolute Gasteiger partial charge is 0.303 e. The zero-order chi connectivity index (χ0) is 26.3. The van der Waals surface area contributed by atoms with Gasteiger partial charge in [0, 0.05) is 16.1 Å². The monoisotopic (exact) mass is 543 g/mol. The molecule has 0 fully saturated rings. The number of hydrogen-bond acceptors (Lipinski definition) is 3. The Morgan fingerprint density at radius 3 is 1.81 bits per heavy atom. The number of nitrogens with zero attached hydrogens (tertiary/aromatic N) is 3. The summed E-state index contributed by atoms with van der Waals surface area (Å²) in [6.07, 6.45) is -11.8. The van der Waals surface area contributed by atoms with E-state index in [4.69, 9.17) is 23.2 Å². The molecule has 0 bridgehead atoms. The van der Waals surface area contributed by atoms with Gasteiger partial charge in [-0.1, -0.05) is 83.9 Å². The third-order valence-electron chi connectivity index (χ3n) is 5.66. The van der Waals surface area contributed by atoms with E-state index in [0.717, 1.165) is 0 Å². The number of alkyl halides is 6. The van der Waals surface area contributed by atoms with E-state index in [9.17, 15) is 26.3 Å². The highest BCUT2D eigenvalue weighted by Gasteiger charge is 2.74. The Bertz CT molecular complexity index is 1290. The molecule has 1 aliphatic rings. The standard InChI is InChI=1S/C25H17Cl2F6N3/c1-15(16-8-4-2-5-9-16)36-21(17-10-6-3-7-11-17)34-23(24(28,29)30,25(31,32)33)35-22(36)19-13-12-18(26)14-20(19)27/h2-15H,1H3. The van der Waals surface area contributed by atoms with Gasteiger partial charge in [0.05, 0.1) is 11.1 Å². The van der Waals surface area contributed by atoms with Gasteiger partial charge in [0.25, 0.3) is 0 Å². The Balaban J connectivity index is 2.10. The summed E-state index contributed by atoms with van der Waals surface area (Å²) in [5.74, 6) is -1.20. The van der Waals surface area contributed by atoms with Crippen molar-refractivity contribution < 1.29 is 26.3 Å². The highest BCUT2D eigenvalue weighted by Crippen LogP contribution is 2.50. The molecule has 0 amide bonds. The molecule has 0 radical (unpaired) electrons. The summed E-state index contributed by atoms with van der Waals surface area (Å²) in [6, 6.07) is 18.9. The van der Waals surface area contributed by atoms with Gasteiger partial charge < -0.3 is 4.90 Å². The topological polar surface area (TPSA) is 28.0 Å². The van der Waals surface area contributed by atoms with Crippen LogP contribution in [0.25, 0.3) is 0 Å². The molecule has 0 N–H and O–H groups in total. The molecule has 1 atom stereocenters. The van der Waals surface area contributed by atoms with Crippen molar-refractivity contribution in [1.82, 2.24) is 4.90 Å². The van der Waals surface area contributed by atoms with Crippen LogP contribution in [0.2, 0.25) is 10.0 Å². The number of hydrogen-bond donors (Lipinski definition) is 0. The lowest BCUT2D eigenvalue weighted by molar-refractivity contribution is -0.293. The minimum Gasteiger partial charge on any atom is -0.303 e. The van der Waals surface area contributed by atoms with Crippen molar-refractivity contribution in [2.75, 3.05) is 0 Å². The van der Waals surface area contributed by atoms with Gasteiger partial charge in [-0.25, -0.2) is 9.98 Å². The molecule has 0 spiro atoms. The highest BCUT2D eigenvalue weighted by molar-refractivity contribution is 6.37. The molecule has 0 saturated carbocycles. The first-order valence-electron chi connectivity index (χ1n) is 10.5. The Labute approximate surface area is 212 Å². The van der Waals surface area contributed by atoms with Gasteiger partial charge in [-0.15, -0.1) is 0 Å². The Morgan fingerprint density at radius 2 is 1.28 bits per heavy atom. The number of rotatable bonds is 4. The predicted octanol–water partition coefficient (Wildman–Crippen LogP) is 8.08. The number of benzene rings is 3. The van der Waals surface area contributed by atoms with Crippen molar-refractivity contribution in [1.29, 1.82) is 0 Å². The highest BCUT2D eigenvalue weighted by atomic mass is 35.5. The van der Waals surface area contributed by atoms with Crippen LogP contribution in [0.3, 0.4) is 0 Å². The summed E-state index contributed by atoms with van der Waals surface area (Å²) < 4.78 is 85.7. The Hall–Kier alpha value is -3.04. The first-order chi connectivity index (χ1) is 16.9. The molecule has 1 heterocycles. The molecule has 3 aromatic rings. The summed E-state index contributed by atoms with van der Waals surface area (Å²) in [5.41, 5.74) is -4.28. The first-order valence-corrected chi connectivity index (χ1v) is 11.3. The van der Waals surface area contributed by atoms with E-state index in [0.29, 0.717) is 5.56 Å². The van der Waals surface area contributed by atoms with Crippen molar-refractivity contribution in [2.45, 2.75) is 31.0 Å². The SMILES string of the molecule is CC(c1ccccc1)N1C(c2ccccc2)=NC(C(F)(F)F)(C(F)(F)F)N=C1c1ccc(Cl)cc1Cl. The molecule has 3 nitrogen and oxygen atoms in total. The van der Waals surface area contributed by atoms with Crippen molar-refractivity contribution in [3.8, 4) is 0 Å². The Kier molecular flexibility index (Phi) is 6.83. The number of aliphatic imine (C=N–C) groups is 2. The third kappa shape index (κ3) is 4.57. The summed E-state index contributed by atoms with van der Waals surface area (Å²) in [6.45, 7) is 1.63. The molecular weight excluding hydrogens is 527 g/mol. The van der Waals surface area contributed by atoms with Crippen molar-refractivity contribution in [3.05, 3.63) is 106 Å². The molecule has 0 aromatic heterocycles. The van der Waals surface area contributed by atoms with Crippen LogP contribution in [0.4, 0.5) is 26.3 Å². The minimum atomic E-state index is -5.91. The van der Waals surface area contributed by atoms with Crippen LogP contribution in [0.15, 0.2) is 88.8 Å². The normalized spacial score (nSPS) is 16.9. The average Bonchev–Trinajstić information content (AvgIpc) is 2.82. The van der Waals surface area contributed by atoms with Crippen LogP contribution in [-0.4, -0.2) is 34.6 Å². The summed E-state index contributed by atoms with van der Waals surface area (Å²) in [4.78, 5) is 7.84. The molecule has 0 aliphatic carbocycles. The summed E-state index contributed by atoms with van der Waals surface area (Å²) in [7, 11) is 0. The molecule has 36 heavy (non-hydrogen) atoms. The van der Waals surface area contributed by atoms with Crippen LogP contribution in [-0.2, 0) is 0 Å². The molecule has 0 saturated heterocycles. The third-order valence-corrected chi connectivity index (χ3v) is 6.20. The lowest BCUT2D eigenvalue weighted by Crippen LogP contribution is -2.60. The maximum absolute atomic E-state index is 14.3. The molecule has 3 aromatic carbocycles. The predicted molar refractivity (Wildman–Crippen MR) is 128 cm³/mol. The van der Waals surface area contributed by atoms with Gasteiger partial charge in [-0.3, -0.25) is 0 Å². The minimum absolute atomic E-state index is 0.0376. The van der Waals surface area contributed by atoms with Crippen molar-refractivity contribution in [2.24, 2.45) is 9.98 Å². The second kappa shape index (κ2) is 9.44. The first kappa shape index (κ1) is 26.0.